The van der Waals surface area contributed by atoms with E-state index in [1.165, 1.54) is 95.0 Å². The molecular formula is C68H84N4+4. The third-order valence-electron chi connectivity index (χ3n) is 15.2. The van der Waals surface area contributed by atoms with Crippen molar-refractivity contribution in [3.8, 4) is 45.0 Å². The van der Waals surface area contributed by atoms with Crippen LogP contribution < -0.4 is 18.3 Å². The van der Waals surface area contributed by atoms with Gasteiger partial charge in [-0.3, -0.25) is 0 Å². The first-order valence-corrected chi connectivity index (χ1v) is 26.2. The lowest BCUT2D eigenvalue weighted by molar-refractivity contribution is -0.661. The zero-order valence-electron chi connectivity index (χ0n) is 48.8. The first-order chi connectivity index (χ1) is 34.9. The van der Waals surface area contributed by atoms with Gasteiger partial charge in [-0.15, -0.1) is 0 Å². The first-order valence-electron chi connectivity index (χ1n) is 27.2. The largest absolute Gasteiger partial charge is 0.216 e. The Kier molecular flexibility index (Phi) is 15.8. The number of hydrogen-bond acceptors (Lipinski definition) is 0. The van der Waals surface area contributed by atoms with Crippen LogP contribution in [0, 0.1) is 60.8 Å². The highest BCUT2D eigenvalue weighted by atomic mass is 14.9. The van der Waals surface area contributed by atoms with Crippen molar-refractivity contribution in [2.24, 2.45) is 33.6 Å². The van der Waals surface area contributed by atoms with Crippen molar-refractivity contribution in [3.63, 3.8) is 0 Å². The minimum absolute atomic E-state index is 0.367. The van der Waals surface area contributed by atoms with Gasteiger partial charge in [0, 0.05) is 71.5 Å². The number of fused-ring (bicyclic) bond motifs is 5. The van der Waals surface area contributed by atoms with E-state index in [-0.39, 0.29) is 5.41 Å². The summed E-state index contributed by atoms with van der Waals surface area (Å²) in [5, 5.41) is 0. The summed E-state index contributed by atoms with van der Waals surface area (Å²) in [5.74, 6) is -0.735. The van der Waals surface area contributed by atoms with Gasteiger partial charge >= 0.3 is 0 Å². The SMILES string of the molecule is CCc1ccc(-c2ccc(C)c[n+]2C)c(C)c1.Cc1ccc(-c2ccc(C(C)C)cc2C)[n+](C)c1.Cc1ccc(-c2ccc(C)c[n+]2C)c(C)c1.[2H]C12CCC([2H])(c3c1cc[n+](C)c3-c1ccccc1C)C2(C)C. The molecule has 1 saturated carbocycles. The molecule has 0 spiro atoms. The van der Waals surface area contributed by atoms with Crippen LogP contribution in [0.15, 0.2) is 146 Å². The summed E-state index contributed by atoms with van der Waals surface area (Å²) in [5.41, 5.74) is 25.1. The lowest BCUT2D eigenvalue weighted by Crippen LogP contribution is -2.33. The lowest BCUT2D eigenvalue weighted by Gasteiger charge is -2.24. The second kappa shape index (κ2) is 22.5. The molecule has 372 valence electrons. The van der Waals surface area contributed by atoms with Crippen LogP contribution in [0.4, 0.5) is 0 Å². The van der Waals surface area contributed by atoms with Gasteiger partial charge in [-0.2, -0.15) is 0 Å². The Hall–Kier alpha value is -6.52. The van der Waals surface area contributed by atoms with Crippen molar-refractivity contribution in [3.05, 3.63) is 213 Å². The Morgan fingerprint density at radius 2 is 0.972 bits per heavy atom. The van der Waals surface area contributed by atoms with E-state index in [1.54, 1.807) is 0 Å². The molecule has 0 amide bonds. The van der Waals surface area contributed by atoms with E-state index in [9.17, 15) is 1.37 Å². The Morgan fingerprint density at radius 1 is 0.500 bits per heavy atom. The molecule has 72 heavy (non-hydrogen) atoms. The molecule has 2 aliphatic rings. The number of rotatable bonds is 6. The number of hydrogen-bond donors (Lipinski definition) is 0. The summed E-state index contributed by atoms with van der Waals surface area (Å²) in [6.07, 6.45) is 11.2. The van der Waals surface area contributed by atoms with Crippen molar-refractivity contribution in [2.45, 2.75) is 127 Å². The minimum Gasteiger partial charge on any atom is -0.201 e. The number of aromatic nitrogens is 4. The Balaban J connectivity index is 0.000000146. The van der Waals surface area contributed by atoms with E-state index in [0.717, 1.165) is 36.1 Å². The fourth-order valence-electron chi connectivity index (χ4n) is 11.1. The van der Waals surface area contributed by atoms with E-state index in [1.807, 2.05) is 0 Å². The molecule has 4 nitrogen and oxygen atoms in total. The second-order valence-corrected chi connectivity index (χ2v) is 21.6. The zero-order valence-corrected chi connectivity index (χ0v) is 46.8. The van der Waals surface area contributed by atoms with Gasteiger partial charge in [-0.25, -0.2) is 18.3 Å². The fourth-order valence-corrected chi connectivity index (χ4v) is 11.1. The van der Waals surface area contributed by atoms with Crippen LogP contribution in [0.1, 0.15) is 135 Å². The van der Waals surface area contributed by atoms with Crippen LogP contribution in [0.5, 0.6) is 0 Å². The zero-order chi connectivity index (χ0) is 54.0. The molecule has 4 aromatic heterocycles. The predicted octanol–water partition coefficient (Wildman–Crippen LogP) is 14.9. The molecule has 0 N–H and O–H groups in total. The number of nitrogens with zero attached hydrogens (tertiary/aromatic N) is 4. The van der Waals surface area contributed by atoms with Gasteiger partial charge in [-0.1, -0.05) is 94.8 Å². The molecule has 4 aromatic carbocycles. The highest BCUT2D eigenvalue weighted by molar-refractivity contribution is 5.69. The number of benzene rings is 4. The smallest absolute Gasteiger partial charge is 0.201 e. The van der Waals surface area contributed by atoms with Crippen molar-refractivity contribution in [2.75, 3.05) is 0 Å². The maximum absolute atomic E-state index is 9.30. The summed E-state index contributed by atoms with van der Waals surface area (Å²) >= 11 is 0. The number of aryl methyl sites for hydroxylation is 13. The summed E-state index contributed by atoms with van der Waals surface area (Å²) < 4.78 is 27.2. The highest BCUT2D eigenvalue weighted by Crippen LogP contribution is 2.65. The molecule has 0 aliphatic heterocycles. The molecule has 4 heterocycles. The Morgan fingerprint density at radius 3 is 1.44 bits per heavy atom. The number of pyridine rings is 4. The third kappa shape index (κ3) is 11.5. The third-order valence-corrected chi connectivity index (χ3v) is 15.2. The molecular weight excluding hydrogens is 873 g/mol. The summed E-state index contributed by atoms with van der Waals surface area (Å²) in [4.78, 5) is 0. The normalized spacial score (nSPS) is 17.4. The second-order valence-electron chi connectivity index (χ2n) is 21.6. The van der Waals surface area contributed by atoms with Crippen LogP contribution in [0.2, 0.25) is 0 Å². The molecule has 2 aliphatic carbocycles. The molecule has 10 rings (SSSR count). The highest BCUT2D eigenvalue weighted by Gasteiger charge is 2.54. The standard InChI is InChI=1S/C20H24N.C17H22N.C16H20N.C15H18N/c1-13-7-5-6-8-14(13)19-18-15(11-12-21(19)4)16-9-10-17(18)20(16,2)3;1-12(2)15-7-8-16(14(4)10-15)17-9-6-13(3)11-18(17)5;1-5-14-7-8-15(13(3)10-14)16-9-6-12(2)11-17(16)4;1-11-5-7-14(13(3)9-11)15-8-6-12(2)10-16(15)4/h5-8,11-12,16-17H,9-10H2,1-4H3;6-12H,1-5H3;6-11H,5H2,1-4H3;5-10H,1-4H3/q4*+1/i16D,17D;;;. The molecule has 0 saturated heterocycles. The van der Waals surface area contributed by atoms with E-state index in [2.05, 4.69) is 283 Å². The van der Waals surface area contributed by atoms with Crippen LogP contribution in [0.25, 0.3) is 45.0 Å². The molecule has 2 unspecified atom stereocenters. The molecule has 8 aromatic rings. The maximum Gasteiger partial charge on any atom is 0.216 e. The van der Waals surface area contributed by atoms with Gasteiger partial charge in [0.1, 0.15) is 28.2 Å². The van der Waals surface area contributed by atoms with Crippen molar-refractivity contribution in [1.82, 2.24) is 0 Å². The van der Waals surface area contributed by atoms with E-state index in [4.69, 9.17) is 1.37 Å². The van der Waals surface area contributed by atoms with E-state index < -0.39 is 11.8 Å². The van der Waals surface area contributed by atoms with Gasteiger partial charge in [0.25, 0.3) is 0 Å². The van der Waals surface area contributed by atoms with Gasteiger partial charge in [-0.05, 0) is 179 Å². The quantitative estimate of drug-likeness (QED) is 0.148. The van der Waals surface area contributed by atoms with Crippen molar-refractivity contribution < 1.29 is 21.0 Å². The van der Waals surface area contributed by atoms with Crippen LogP contribution in [0.3, 0.4) is 0 Å². The summed E-state index contributed by atoms with van der Waals surface area (Å²) in [6, 6.07) is 43.7. The average Bonchev–Trinajstić information content (AvgIpc) is 3.60. The summed E-state index contributed by atoms with van der Waals surface area (Å²) in [7, 11) is 8.37. The monoisotopic (exact) mass is 959 g/mol. The van der Waals surface area contributed by atoms with Crippen LogP contribution in [-0.2, 0) is 34.6 Å². The average molecular weight is 959 g/mol. The van der Waals surface area contributed by atoms with Crippen molar-refractivity contribution in [1.29, 1.82) is 0 Å². The minimum atomic E-state index is -0.680. The molecule has 0 radical (unpaired) electrons. The topological polar surface area (TPSA) is 15.5 Å². The van der Waals surface area contributed by atoms with Gasteiger partial charge < -0.3 is 0 Å². The summed E-state index contributed by atoms with van der Waals surface area (Å²) in [6.45, 7) is 28.1. The fraction of sp³-hybridized carbons (Fsp3) is 0.353. The molecule has 1 fully saturated rings. The Bertz CT molecular complexity index is 3300. The van der Waals surface area contributed by atoms with Crippen LogP contribution >= 0.6 is 0 Å². The first kappa shape index (κ1) is 50.4. The molecule has 2 bridgehead atoms. The molecule has 2 atom stereocenters. The molecule has 4 heteroatoms. The maximum atomic E-state index is 9.30. The van der Waals surface area contributed by atoms with Gasteiger partial charge in [0.15, 0.2) is 24.8 Å². The van der Waals surface area contributed by atoms with Gasteiger partial charge in [0.05, 0.1) is 0 Å². The van der Waals surface area contributed by atoms with Crippen molar-refractivity contribution >= 4 is 0 Å². The lowest BCUT2D eigenvalue weighted by atomic mass is 9.79. The van der Waals surface area contributed by atoms with E-state index >= 15 is 0 Å². The van der Waals surface area contributed by atoms with Gasteiger partial charge in [0.2, 0.25) is 22.8 Å². The Labute approximate surface area is 437 Å². The predicted molar refractivity (Wildman–Crippen MR) is 302 cm³/mol. The van der Waals surface area contributed by atoms with Crippen LogP contribution in [-0.4, -0.2) is 0 Å². The van der Waals surface area contributed by atoms with E-state index in [0.29, 0.717) is 5.92 Å².